The molecule has 0 unspecified atom stereocenters. The van der Waals surface area contributed by atoms with Crippen molar-refractivity contribution in [3.63, 3.8) is 0 Å². The van der Waals surface area contributed by atoms with Gasteiger partial charge in [-0.05, 0) is 17.7 Å². The van der Waals surface area contributed by atoms with Crippen LogP contribution in [0.3, 0.4) is 0 Å². The molecule has 0 aliphatic heterocycles. The average molecular weight is 196 g/mol. The second kappa shape index (κ2) is 4.10. The van der Waals surface area contributed by atoms with Gasteiger partial charge in [0, 0.05) is 24.3 Å². The highest BCUT2D eigenvalue weighted by Crippen LogP contribution is 2.04. The number of pyridine rings is 1. The lowest BCUT2D eigenvalue weighted by Crippen LogP contribution is -2.13. The highest BCUT2D eigenvalue weighted by Gasteiger charge is 1.90. The van der Waals surface area contributed by atoms with E-state index in [2.05, 4.69) is 6.58 Å². The lowest BCUT2D eigenvalue weighted by Gasteiger charge is -1.97. The molecule has 3 heteroatoms. The van der Waals surface area contributed by atoms with E-state index in [1.807, 2.05) is 0 Å². The first-order valence-electron chi connectivity index (χ1n) is 3.79. The van der Waals surface area contributed by atoms with Gasteiger partial charge in [-0.1, -0.05) is 24.3 Å². The zero-order chi connectivity index (χ0) is 9.84. The Morgan fingerprint density at radius 3 is 2.85 bits per heavy atom. The van der Waals surface area contributed by atoms with Crippen molar-refractivity contribution in [1.29, 1.82) is 0 Å². The third-order valence-corrected chi connectivity index (χ3v) is 1.69. The van der Waals surface area contributed by atoms with Crippen LogP contribution in [0, 0.1) is 0 Å². The fourth-order valence-electron chi connectivity index (χ4n) is 0.901. The number of aromatic nitrogens is 1. The van der Waals surface area contributed by atoms with Gasteiger partial charge in [0.15, 0.2) is 0 Å². The van der Waals surface area contributed by atoms with Crippen molar-refractivity contribution in [2.24, 2.45) is 7.05 Å². The molecular weight excluding hydrogens is 186 g/mol. The largest absolute Gasteiger partial charge is 0.318 e. The Bertz CT molecular complexity index is 404. The lowest BCUT2D eigenvalue weighted by atomic mass is 10.2. The lowest BCUT2D eigenvalue weighted by molar-refractivity contribution is 0.858. The highest BCUT2D eigenvalue weighted by molar-refractivity contribution is 6.31. The second-order valence-corrected chi connectivity index (χ2v) is 3.18. The van der Waals surface area contributed by atoms with Crippen LogP contribution < -0.4 is 5.56 Å². The van der Waals surface area contributed by atoms with Crippen LogP contribution in [0.1, 0.15) is 5.56 Å². The van der Waals surface area contributed by atoms with Crippen molar-refractivity contribution in [3.05, 3.63) is 51.9 Å². The summed E-state index contributed by atoms with van der Waals surface area (Å²) in [5, 5.41) is 0.467. The molecule has 0 aliphatic rings. The van der Waals surface area contributed by atoms with Gasteiger partial charge in [-0.2, -0.15) is 0 Å². The molecular formula is C10H10ClNO. The molecule has 1 heterocycles. The maximum Gasteiger partial charge on any atom is 0.250 e. The molecule has 0 bridgehead atoms. The predicted octanol–water partition coefficient (Wildman–Crippen LogP) is 2.15. The normalized spacial score (nSPS) is 10.6. The van der Waals surface area contributed by atoms with Gasteiger partial charge in [0.05, 0.1) is 0 Å². The molecule has 0 spiro atoms. The van der Waals surface area contributed by atoms with Gasteiger partial charge in [0.25, 0.3) is 0 Å². The number of hydrogen-bond donors (Lipinski definition) is 0. The molecule has 2 nitrogen and oxygen atoms in total. The van der Waals surface area contributed by atoms with Crippen LogP contribution in [-0.2, 0) is 7.05 Å². The van der Waals surface area contributed by atoms with Crippen LogP contribution in [0.2, 0.25) is 0 Å². The van der Waals surface area contributed by atoms with Crippen LogP contribution in [-0.4, -0.2) is 4.57 Å². The Balaban J connectivity index is 2.98. The SMILES string of the molecule is C=C(Cl)/C=C\c1ccc(=O)n(C)c1. The minimum Gasteiger partial charge on any atom is -0.318 e. The maximum absolute atomic E-state index is 11.0. The third kappa shape index (κ3) is 2.92. The Labute approximate surface area is 81.8 Å². The van der Waals surface area contributed by atoms with Crippen molar-refractivity contribution in [2.75, 3.05) is 0 Å². The first kappa shape index (κ1) is 9.81. The smallest absolute Gasteiger partial charge is 0.250 e. The number of nitrogens with zero attached hydrogens (tertiary/aromatic N) is 1. The first-order chi connectivity index (χ1) is 6.09. The van der Waals surface area contributed by atoms with Crippen molar-refractivity contribution < 1.29 is 0 Å². The van der Waals surface area contributed by atoms with Crippen LogP contribution in [0.4, 0.5) is 0 Å². The zero-order valence-corrected chi connectivity index (χ0v) is 8.08. The van der Waals surface area contributed by atoms with Crippen LogP contribution in [0.5, 0.6) is 0 Å². The monoisotopic (exact) mass is 195 g/mol. The van der Waals surface area contributed by atoms with E-state index < -0.39 is 0 Å². The zero-order valence-electron chi connectivity index (χ0n) is 7.33. The van der Waals surface area contributed by atoms with Crippen LogP contribution >= 0.6 is 11.6 Å². The maximum atomic E-state index is 11.0. The third-order valence-electron chi connectivity index (χ3n) is 1.57. The predicted molar refractivity (Wildman–Crippen MR) is 55.7 cm³/mol. The number of hydrogen-bond acceptors (Lipinski definition) is 1. The van der Waals surface area contributed by atoms with E-state index >= 15 is 0 Å². The molecule has 1 aromatic rings. The van der Waals surface area contributed by atoms with Crippen molar-refractivity contribution in [1.82, 2.24) is 4.57 Å². The molecule has 1 rings (SSSR count). The van der Waals surface area contributed by atoms with E-state index in [1.165, 1.54) is 10.6 Å². The minimum atomic E-state index is -0.0261. The molecule has 13 heavy (non-hydrogen) atoms. The molecule has 0 radical (unpaired) electrons. The summed E-state index contributed by atoms with van der Waals surface area (Å²) in [5.41, 5.74) is 0.894. The molecule has 0 amide bonds. The molecule has 0 fully saturated rings. The van der Waals surface area contributed by atoms with E-state index in [1.54, 1.807) is 31.5 Å². The van der Waals surface area contributed by atoms with Gasteiger partial charge in [-0.3, -0.25) is 4.79 Å². The molecule has 0 atom stereocenters. The van der Waals surface area contributed by atoms with Crippen molar-refractivity contribution in [2.45, 2.75) is 0 Å². The molecule has 0 saturated heterocycles. The van der Waals surface area contributed by atoms with Crippen molar-refractivity contribution >= 4 is 17.7 Å². The Hall–Kier alpha value is -1.28. The summed E-state index contributed by atoms with van der Waals surface area (Å²) >= 11 is 5.55. The van der Waals surface area contributed by atoms with Crippen LogP contribution in [0.25, 0.3) is 6.08 Å². The summed E-state index contributed by atoms with van der Waals surface area (Å²) in [4.78, 5) is 11.0. The average Bonchev–Trinajstić information content (AvgIpc) is 2.07. The number of aryl methyl sites for hydroxylation is 1. The summed E-state index contributed by atoms with van der Waals surface area (Å²) in [6.45, 7) is 3.52. The van der Waals surface area contributed by atoms with Gasteiger partial charge in [-0.25, -0.2) is 0 Å². The van der Waals surface area contributed by atoms with Gasteiger partial charge in [0.1, 0.15) is 0 Å². The van der Waals surface area contributed by atoms with E-state index in [0.29, 0.717) is 5.03 Å². The topological polar surface area (TPSA) is 22.0 Å². The highest BCUT2D eigenvalue weighted by atomic mass is 35.5. The molecule has 0 N–H and O–H groups in total. The van der Waals surface area contributed by atoms with Gasteiger partial charge < -0.3 is 4.57 Å². The fraction of sp³-hybridized carbons (Fsp3) is 0.100. The molecule has 0 saturated carbocycles. The van der Waals surface area contributed by atoms with Gasteiger partial charge in [0.2, 0.25) is 5.56 Å². The molecule has 0 aromatic carbocycles. The second-order valence-electron chi connectivity index (χ2n) is 2.69. The summed E-state index contributed by atoms with van der Waals surface area (Å²) in [5.74, 6) is 0. The number of rotatable bonds is 2. The summed E-state index contributed by atoms with van der Waals surface area (Å²) in [7, 11) is 1.70. The van der Waals surface area contributed by atoms with Crippen LogP contribution in [0.15, 0.2) is 40.8 Å². The summed E-state index contributed by atoms with van der Waals surface area (Å²) < 4.78 is 1.51. The minimum absolute atomic E-state index is 0.0261. The molecule has 1 aromatic heterocycles. The molecule has 68 valence electrons. The number of halogens is 1. The fourth-order valence-corrected chi connectivity index (χ4v) is 0.964. The summed E-state index contributed by atoms with van der Waals surface area (Å²) in [6, 6.07) is 3.25. The quantitative estimate of drug-likeness (QED) is 0.663. The van der Waals surface area contributed by atoms with Gasteiger partial charge in [-0.15, -0.1) is 0 Å². The standard InChI is InChI=1S/C10H10ClNO/c1-8(11)3-4-9-5-6-10(13)12(2)7-9/h3-7H,1H2,2H3/b4-3-. The Morgan fingerprint density at radius 2 is 2.31 bits per heavy atom. The Morgan fingerprint density at radius 1 is 1.62 bits per heavy atom. The first-order valence-corrected chi connectivity index (χ1v) is 4.16. The van der Waals surface area contributed by atoms with E-state index in [4.69, 9.17) is 11.6 Å². The van der Waals surface area contributed by atoms with E-state index in [0.717, 1.165) is 5.56 Å². The van der Waals surface area contributed by atoms with E-state index in [9.17, 15) is 4.79 Å². The van der Waals surface area contributed by atoms with Crippen molar-refractivity contribution in [3.8, 4) is 0 Å². The number of allylic oxidation sites excluding steroid dienone is 2. The summed E-state index contributed by atoms with van der Waals surface area (Å²) in [6.07, 6.45) is 5.22. The van der Waals surface area contributed by atoms with Gasteiger partial charge >= 0.3 is 0 Å². The Kier molecular flexibility index (Phi) is 3.09. The molecule has 0 aliphatic carbocycles. The van der Waals surface area contributed by atoms with E-state index in [-0.39, 0.29) is 5.56 Å².